The SMILES string of the molecule is CCCCCC=CC(C)(O)C12CCCC(C1)C2(C)C. The fraction of sp³-hybridized carbons (Fsp3) is 0.889. The minimum Gasteiger partial charge on any atom is -0.385 e. The third kappa shape index (κ3) is 2.28. The van der Waals surface area contributed by atoms with Gasteiger partial charge < -0.3 is 5.11 Å². The molecule has 0 aromatic heterocycles. The molecule has 3 atom stereocenters. The van der Waals surface area contributed by atoms with E-state index in [1.54, 1.807) is 0 Å². The topological polar surface area (TPSA) is 20.2 Å². The predicted molar refractivity (Wildman–Crippen MR) is 82.1 cm³/mol. The molecule has 0 radical (unpaired) electrons. The van der Waals surface area contributed by atoms with Gasteiger partial charge in [-0.3, -0.25) is 0 Å². The van der Waals surface area contributed by atoms with Gasteiger partial charge in [0.25, 0.3) is 0 Å². The Balaban J connectivity index is 2.02. The molecule has 0 aromatic rings. The molecule has 110 valence electrons. The van der Waals surface area contributed by atoms with Crippen molar-refractivity contribution in [3.63, 3.8) is 0 Å². The van der Waals surface area contributed by atoms with Crippen LogP contribution in [0.15, 0.2) is 12.2 Å². The van der Waals surface area contributed by atoms with Crippen LogP contribution in [0.4, 0.5) is 0 Å². The second-order valence-corrected chi connectivity index (χ2v) is 7.64. The maximum Gasteiger partial charge on any atom is 0.0860 e. The lowest BCUT2D eigenvalue weighted by Crippen LogP contribution is -2.67. The van der Waals surface area contributed by atoms with E-state index in [2.05, 4.69) is 32.9 Å². The van der Waals surface area contributed by atoms with E-state index in [0.717, 1.165) is 12.3 Å². The summed E-state index contributed by atoms with van der Waals surface area (Å²) in [7, 11) is 0. The number of unbranched alkanes of at least 4 members (excludes halogenated alkanes) is 3. The van der Waals surface area contributed by atoms with Crippen molar-refractivity contribution in [2.75, 3.05) is 0 Å². The Bertz CT molecular complexity index is 336. The fourth-order valence-electron chi connectivity index (χ4n) is 4.83. The second-order valence-electron chi connectivity index (χ2n) is 7.64. The highest BCUT2D eigenvalue weighted by atomic mass is 16.3. The summed E-state index contributed by atoms with van der Waals surface area (Å²) in [5.41, 5.74) is -0.188. The van der Waals surface area contributed by atoms with Gasteiger partial charge in [-0.05, 0) is 50.4 Å². The Morgan fingerprint density at radius 1 is 1.32 bits per heavy atom. The first kappa shape index (κ1) is 15.1. The van der Waals surface area contributed by atoms with E-state index < -0.39 is 5.60 Å². The van der Waals surface area contributed by atoms with E-state index in [4.69, 9.17) is 0 Å². The molecule has 0 heterocycles. The highest BCUT2D eigenvalue weighted by Crippen LogP contribution is 2.71. The Hall–Kier alpha value is -0.300. The lowest BCUT2D eigenvalue weighted by atomic mass is 9.35. The van der Waals surface area contributed by atoms with Crippen LogP contribution in [0.2, 0.25) is 0 Å². The van der Waals surface area contributed by atoms with E-state index in [1.165, 1.54) is 44.9 Å². The average molecular weight is 264 g/mol. The van der Waals surface area contributed by atoms with Gasteiger partial charge in [-0.2, -0.15) is 0 Å². The largest absolute Gasteiger partial charge is 0.385 e. The Morgan fingerprint density at radius 2 is 2.05 bits per heavy atom. The lowest BCUT2D eigenvalue weighted by molar-refractivity contribution is -0.241. The van der Waals surface area contributed by atoms with Crippen LogP contribution >= 0.6 is 0 Å². The highest BCUT2D eigenvalue weighted by Gasteiger charge is 2.67. The Morgan fingerprint density at radius 3 is 2.63 bits per heavy atom. The predicted octanol–water partition coefficient (Wildman–Crippen LogP) is 5.09. The first-order chi connectivity index (χ1) is 8.87. The van der Waals surface area contributed by atoms with Crippen molar-refractivity contribution >= 4 is 0 Å². The zero-order valence-corrected chi connectivity index (χ0v) is 13.3. The quantitative estimate of drug-likeness (QED) is 0.523. The second kappa shape index (κ2) is 5.24. The van der Waals surface area contributed by atoms with Crippen LogP contribution in [-0.4, -0.2) is 10.7 Å². The van der Waals surface area contributed by atoms with Crippen molar-refractivity contribution in [2.45, 2.75) is 84.7 Å². The summed E-state index contributed by atoms with van der Waals surface area (Å²) < 4.78 is 0. The number of fused-ring (bicyclic) bond motifs is 2. The molecule has 0 saturated heterocycles. The van der Waals surface area contributed by atoms with Crippen LogP contribution < -0.4 is 0 Å². The van der Waals surface area contributed by atoms with E-state index >= 15 is 0 Å². The van der Waals surface area contributed by atoms with Crippen molar-refractivity contribution in [1.29, 1.82) is 0 Å². The number of hydrogen-bond donors (Lipinski definition) is 1. The molecule has 1 N–H and O–H groups in total. The Kier molecular flexibility index (Phi) is 4.16. The van der Waals surface area contributed by atoms with Gasteiger partial charge in [0, 0.05) is 5.41 Å². The van der Waals surface area contributed by atoms with E-state index in [9.17, 15) is 5.11 Å². The van der Waals surface area contributed by atoms with Gasteiger partial charge in [-0.15, -0.1) is 0 Å². The van der Waals surface area contributed by atoms with Crippen LogP contribution in [0.25, 0.3) is 0 Å². The molecule has 0 amide bonds. The summed E-state index contributed by atoms with van der Waals surface area (Å²) in [6, 6.07) is 0. The van der Waals surface area contributed by atoms with Crippen molar-refractivity contribution in [3.05, 3.63) is 12.2 Å². The maximum atomic E-state index is 11.0. The third-order valence-electron chi connectivity index (χ3n) is 6.39. The molecule has 0 aromatic carbocycles. The van der Waals surface area contributed by atoms with Gasteiger partial charge in [0.05, 0.1) is 5.60 Å². The molecule has 19 heavy (non-hydrogen) atoms. The summed E-state index contributed by atoms with van der Waals surface area (Å²) in [5, 5.41) is 11.0. The highest BCUT2D eigenvalue weighted by molar-refractivity contribution is 5.22. The van der Waals surface area contributed by atoms with Crippen molar-refractivity contribution in [2.24, 2.45) is 16.7 Å². The van der Waals surface area contributed by atoms with E-state index in [0.29, 0.717) is 5.41 Å². The summed E-state index contributed by atoms with van der Waals surface area (Å²) in [4.78, 5) is 0. The molecule has 1 nitrogen and oxygen atoms in total. The lowest BCUT2D eigenvalue weighted by Gasteiger charge is -2.70. The maximum absolute atomic E-state index is 11.0. The molecule has 3 aliphatic rings. The summed E-state index contributed by atoms with van der Waals surface area (Å²) in [5.74, 6) is 0.834. The molecular weight excluding hydrogens is 232 g/mol. The van der Waals surface area contributed by atoms with Gasteiger partial charge in [0.15, 0.2) is 0 Å². The van der Waals surface area contributed by atoms with Gasteiger partial charge >= 0.3 is 0 Å². The molecule has 3 saturated carbocycles. The van der Waals surface area contributed by atoms with Crippen LogP contribution in [-0.2, 0) is 0 Å². The molecule has 2 bridgehead atoms. The van der Waals surface area contributed by atoms with Gasteiger partial charge in [-0.1, -0.05) is 52.2 Å². The fourth-order valence-corrected chi connectivity index (χ4v) is 4.83. The molecule has 3 unspecified atom stereocenters. The van der Waals surface area contributed by atoms with Crippen molar-refractivity contribution < 1.29 is 5.11 Å². The van der Waals surface area contributed by atoms with Crippen molar-refractivity contribution in [3.8, 4) is 0 Å². The Labute approximate surface area is 119 Å². The smallest absolute Gasteiger partial charge is 0.0860 e. The molecule has 3 rings (SSSR count). The number of aliphatic hydroxyl groups is 1. The number of rotatable bonds is 6. The minimum atomic E-state index is -0.625. The minimum absolute atomic E-state index is 0.129. The monoisotopic (exact) mass is 264 g/mol. The summed E-state index contributed by atoms with van der Waals surface area (Å²) >= 11 is 0. The zero-order chi connectivity index (χ0) is 14.1. The van der Waals surface area contributed by atoms with Crippen LogP contribution in [0.3, 0.4) is 0 Å². The summed E-state index contributed by atoms with van der Waals surface area (Å²) in [6.07, 6.45) is 14.4. The first-order valence-corrected chi connectivity index (χ1v) is 8.27. The first-order valence-electron chi connectivity index (χ1n) is 8.27. The van der Waals surface area contributed by atoms with E-state index in [-0.39, 0.29) is 5.41 Å². The molecule has 0 spiro atoms. The molecule has 0 aliphatic heterocycles. The molecule has 3 aliphatic carbocycles. The van der Waals surface area contributed by atoms with Crippen LogP contribution in [0, 0.1) is 16.7 Å². The average Bonchev–Trinajstić information content (AvgIpc) is 2.38. The number of hydrogen-bond acceptors (Lipinski definition) is 1. The van der Waals surface area contributed by atoms with Gasteiger partial charge in [0.1, 0.15) is 0 Å². The van der Waals surface area contributed by atoms with Crippen molar-refractivity contribution in [1.82, 2.24) is 0 Å². The number of allylic oxidation sites excluding steroid dienone is 1. The van der Waals surface area contributed by atoms with Crippen LogP contribution in [0.1, 0.15) is 79.1 Å². The molecule has 3 fully saturated rings. The van der Waals surface area contributed by atoms with Gasteiger partial charge in [0.2, 0.25) is 0 Å². The standard InChI is InChI=1S/C18H32O/c1-5-6-7-8-9-12-17(4,19)18-13-10-11-15(14-18)16(18,2)3/h9,12,15,19H,5-8,10-11,13-14H2,1-4H3. The summed E-state index contributed by atoms with van der Waals surface area (Å²) in [6.45, 7) is 9.03. The molecule has 1 heteroatoms. The zero-order valence-electron chi connectivity index (χ0n) is 13.3. The molecular formula is C18H32O. The van der Waals surface area contributed by atoms with Gasteiger partial charge in [-0.25, -0.2) is 0 Å². The third-order valence-corrected chi connectivity index (χ3v) is 6.39. The van der Waals surface area contributed by atoms with E-state index in [1.807, 2.05) is 6.92 Å². The van der Waals surface area contributed by atoms with Crippen LogP contribution in [0.5, 0.6) is 0 Å². The normalized spacial score (nSPS) is 35.9.